The molecule has 0 amide bonds. The smallest absolute Gasteiger partial charge is 0.387 e. The molecule has 0 radical (unpaired) electrons. The van der Waals surface area contributed by atoms with Gasteiger partial charge in [-0.05, 0) is 28.8 Å². The highest BCUT2D eigenvalue weighted by molar-refractivity contribution is 5.72. The third-order valence-electron chi connectivity index (χ3n) is 2.70. The highest BCUT2D eigenvalue weighted by atomic mass is 19.3. The molecular weight excluding hydrogens is 266 g/mol. The summed E-state index contributed by atoms with van der Waals surface area (Å²) in [5, 5.41) is 8.76. The van der Waals surface area contributed by atoms with Crippen LogP contribution in [0.1, 0.15) is 5.56 Å². The van der Waals surface area contributed by atoms with Crippen molar-refractivity contribution in [3.8, 4) is 16.9 Å². The summed E-state index contributed by atoms with van der Waals surface area (Å²) >= 11 is 0. The van der Waals surface area contributed by atoms with Gasteiger partial charge in [0.05, 0.1) is 6.42 Å². The van der Waals surface area contributed by atoms with Gasteiger partial charge in [-0.2, -0.15) is 8.78 Å². The molecule has 1 N–H and O–H groups in total. The number of benzene rings is 2. The van der Waals surface area contributed by atoms with E-state index in [9.17, 15) is 13.6 Å². The molecule has 0 saturated carbocycles. The van der Waals surface area contributed by atoms with E-state index >= 15 is 0 Å². The van der Waals surface area contributed by atoms with Gasteiger partial charge in [0.2, 0.25) is 0 Å². The fourth-order valence-corrected chi connectivity index (χ4v) is 1.86. The van der Waals surface area contributed by atoms with Gasteiger partial charge in [0.25, 0.3) is 0 Å². The number of hydrogen-bond acceptors (Lipinski definition) is 2. The highest BCUT2D eigenvalue weighted by Crippen LogP contribution is 2.24. The van der Waals surface area contributed by atoms with E-state index in [-0.39, 0.29) is 12.2 Å². The first kappa shape index (κ1) is 14.0. The molecule has 2 rings (SSSR count). The fourth-order valence-electron chi connectivity index (χ4n) is 1.86. The zero-order valence-electron chi connectivity index (χ0n) is 10.4. The van der Waals surface area contributed by atoms with E-state index in [1.807, 2.05) is 6.07 Å². The third kappa shape index (κ3) is 3.78. The van der Waals surface area contributed by atoms with Crippen molar-refractivity contribution in [2.24, 2.45) is 0 Å². The lowest BCUT2D eigenvalue weighted by Crippen LogP contribution is -2.01. The molecule has 0 atom stereocenters. The number of hydrogen-bond donors (Lipinski definition) is 1. The molecule has 0 heterocycles. The number of carboxylic acid groups (broad SMARTS) is 1. The Morgan fingerprint density at radius 2 is 1.80 bits per heavy atom. The molecule has 20 heavy (non-hydrogen) atoms. The van der Waals surface area contributed by atoms with Crippen LogP contribution in [0, 0.1) is 0 Å². The lowest BCUT2D eigenvalue weighted by molar-refractivity contribution is -0.136. The van der Waals surface area contributed by atoms with Crippen molar-refractivity contribution in [1.82, 2.24) is 0 Å². The van der Waals surface area contributed by atoms with Gasteiger partial charge < -0.3 is 9.84 Å². The molecule has 0 aliphatic rings. The standard InChI is InChI=1S/C15H12F2O3/c16-15(17)20-13-6-4-11(5-7-13)12-3-1-2-10(8-12)9-14(18)19/h1-8,15H,9H2,(H,18,19). The van der Waals surface area contributed by atoms with Gasteiger partial charge in [0.15, 0.2) is 0 Å². The summed E-state index contributed by atoms with van der Waals surface area (Å²) in [6.45, 7) is -2.85. The summed E-state index contributed by atoms with van der Waals surface area (Å²) in [5.41, 5.74) is 2.31. The Kier molecular flexibility index (Phi) is 4.30. The van der Waals surface area contributed by atoms with Crippen molar-refractivity contribution < 1.29 is 23.4 Å². The molecule has 2 aromatic carbocycles. The Balaban J connectivity index is 2.20. The topological polar surface area (TPSA) is 46.5 Å². The minimum absolute atomic E-state index is 0.0551. The largest absolute Gasteiger partial charge is 0.481 e. The van der Waals surface area contributed by atoms with Crippen molar-refractivity contribution >= 4 is 5.97 Å². The molecule has 0 aromatic heterocycles. The average Bonchev–Trinajstić information content (AvgIpc) is 2.38. The zero-order valence-corrected chi connectivity index (χ0v) is 10.4. The van der Waals surface area contributed by atoms with Crippen LogP contribution in [-0.2, 0) is 11.2 Å². The number of alkyl halides is 2. The van der Waals surface area contributed by atoms with Crippen LogP contribution in [0.5, 0.6) is 5.75 Å². The molecule has 0 aliphatic heterocycles. The van der Waals surface area contributed by atoms with Crippen LogP contribution in [0.2, 0.25) is 0 Å². The van der Waals surface area contributed by atoms with Crippen molar-refractivity contribution in [1.29, 1.82) is 0 Å². The van der Waals surface area contributed by atoms with Crippen LogP contribution in [0.3, 0.4) is 0 Å². The van der Waals surface area contributed by atoms with Crippen molar-refractivity contribution in [2.75, 3.05) is 0 Å². The summed E-state index contributed by atoms with van der Waals surface area (Å²) in [4.78, 5) is 10.7. The van der Waals surface area contributed by atoms with Gasteiger partial charge in [-0.3, -0.25) is 4.79 Å². The van der Waals surface area contributed by atoms with Gasteiger partial charge in [-0.15, -0.1) is 0 Å². The van der Waals surface area contributed by atoms with Crippen LogP contribution in [0.4, 0.5) is 8.78 Å². The van der Waals surface area contributed by atoms with Gasteiger partial charge in [-0.1, -0.05) is 36.4 Å². The second kappa shape index (κ2) is 6.14. The summed E-state index contributed by atoms with van der Waals surface area (Å²) in [7, 11) is 0. The Morgan fingerprint density at radius 3 is 2.40 bits per heavy atom. The Morgan fingerprint density at radius 1 is 1.10 bits per heavy atom. The van der Waals surface area contributed by atoms with E-state index in [0.29, 0.717) is 5.56 Å². The fraction of sp³-hybridized carbons (Fsp3) is 0.133. The average molecular weight is 278 g/mol. The predicted molar refractivity (Wildman–Crippen MR) is 69.8 cm³/mol. The van der Waals surface area contributed by atoms with E-state index in [4.69, 9.17) is 5.11 Å². The molecule has 0 fully saturated rings. The van der Waals surface area contributed by atoms with Gasteiger partial charge >= 0.3 is 12.6 Å². The van der Waals surface area contributed by atoms with E-state index < -0.39 is 12.6 Å². The van der Waals surface area contributed by atoms with Gasteiger partial charge in [0, 0.05) is 0 Å². The molecule has 5 heteroatoms. The number of carboxylic acids is 1. The Labute approximate surface area is 114 Å². The molecular formula is C15H12F2O3. The Bertz CT molecular complexity index is 594. The highest BCUT2D eigenvalue weighted by Gasteiger charge is 2.06. The third-order valence-corrected chi connectivity index (χ3v) is 2.70. The zero-order chi connectivity index (χ0) is 14.5. The van der Waals surface area contributed by atoms with Crippen molar-refractivity contribution in [3.63, 3.8) is 0 Å². The van der Waals surface area contributed by atoms with Crippen LogP contribution in [-0.4, -0.2) is 17.7 Å². The summed E-state index contributed by atoms with van der Waals surface area (Å²) in [5.74, 6) is -0.812. The van der Waals surface area contributed by atoms with E-state index in [2.05, 4.69) is 4.74 Å². The van der Waals surface area contributed by atoms with E-state index in [1.54, 1.807) is 30.3 Å². The number of carbonyl (C=O) groups is 1. The maximum atomic E-state index is 12.0. The monoisotopic (exact) mass is 278 g/mol. The number of rotatable bonds is 5. The first-order valence-corrected chi connectivity index (χ1v) is 5.90. The molecule has 0 aliphatic carbocycles. The quantitative estimate of drug-likeness (QED) is 0.909. The molecule has 0 bridgehead atoms. The minimum Gasteiger partial charge on any atom is -0.481 e. The molecule has 3 nitrogen and oxygen atoms in total. The first-order valence-electron chi connectivity index (χ1n) is 5.90. The van der Waals surface area contributed by atoms with E-state index in [1.165, 1.54) is 12.1 Å². The Hall–Kier alpha value is -2.43. The normalized spacial score (nSPS) is 10.6. The number of aliphatic carboxylic acids is 1. The molecule has 0 spiro atoms. The van der Waals surface area contributed by atoms with Crippen LogP contribution in [0.25, 0.3) is 11.1 Å². The summed E-state index contributed by atoms with van der Waals surface area (Å²) in [6, 6.07) is 13.3. The van der Waals surface area contributed by atoms with E-state index in [0.717, 1.165) is 11.1 Å². The van der Waals surface area contributed by atoms with Gasteiger partial charge in [-0.25, -0.2) is 0 Å². The number of halogens is 2. The predicted octanol–water partition coefficient (Wildman–Crippen LogP) is 3.58. The van der Waals surface area contributed by atoms with Crippen LogP contribution < -0.4 is 4.74 Å². The molecule has 104 valence electrons. The maximum Gasteiger partial charge on any atom is 0.387 e. The minimum atomic E-state index is -2.85. The van der Waals surface area contributed by atoms with Gasteiger partial charge in [0.1, 0.15) is 5.75 Å². The molecule has 2 aromatic rings. The van der Waals surface area contributed by atoms with Crippen molar-refractivity contribution in [2.45, 2.75) is 13.0 Å². The second-order valence-corrected chi connectivity index (χ2v) is 4.17. The lowest BCUT2D eigenvalue weighted by atomic mass is 10.0. The van der Waals surface area contributed by atoms with Crippen LogP contribution >= 0.6 is 0 Å². The van der Waals surface area contributed by atoms with Crippen molar-refractivity contribution in [3.05, 3.63) is 54.1 Å². The lowest BCUT2D eigenvalue weighted by Gasteiger charge is -2.07. The first-order chi connectivity index (χ1) is 9.54. The SMILES string of the molecule is O=C(O)Cc1cccc(-c2ccc(OC(F)F)cc2)c1. The summed E-state index contributed by atoms with van der Waals surface area (Å²) in [6.07, 6.45) is -0.0551. The summed E-state index contributed by atoms with van der Waals surface area (Å²) < 4.78 is 28.4. The second-order valence-electron chi connectivity index (χ2n) is 4.17. The number of ether oxygens (including phenoxy) is 1. The maximum absolute atomic E-state index is 12.0. The molecule has 0 unspecified atom stereocenters. The van der Waals surface area contributed by atoms with Crippen LogP contribution in [0.15, 0.2) is 48.5 Å². The molecule has 0 saturated heterocycles.